The lowest BCUT2D eigenvalue weighted by molar-refractivity contribution is 0.0180. The fourth-order valence-electron chi connectivity index (χ4n) is 1.68. The number of nitrogens with one attached hydrogen (secondary N) is 1. The van der Waals surface area contributed by atoms with Gasteiger partial charge >= 0.3 is 0 Å². The van der Waals surface area contributed by atoms with Crippen LogP contribution < -0.4 is 5.32 Å². The Morgan fingerprint density at radius 3 is 3.00 bits per heavy atom. The maximum atomic E-state index is 5.54. The van der Waals surface area contributed by atoms with E-state index in [-0.39, 0.29) is 0 Å². The van der Waals surface area contributed by atoms with Crippen molar-refractivity contribution in [3.05, 3.63) is 0 Å². The van der Waals surface area contributed by atoms with Crippen LogP contribution in [0.3, 0.4) is 0 Å². The largest absolute Gasteiger partial charge is 0.377 e. The molecule has 4 heteroatoms. The fourth-order valence-corrected chi connectivity index (χ4v) is 2.39. The summed E-state index contributed by atoms with van der Waals surface area (Å²) in [6.07, 6.45) is 2.74. The van der Waals surface area contributed by atoms with Crippen molar-refractivity contribution in [2.45, 2.75) is 25.0 Å². The van der Waals surface area contributed by atoms with Gasteiger partial charge in [0.2, 0.25) is 0 Å². The van der Waals surface area contributed by atoms with E-state index in [1.54, 1.807) is 0 Å². The van der Waals surface area contributed by atoms with E-state index in [1.165, 1.54) is 24.3 Å². The second-order valence-electron chi connectivity index (χ2n) is 3.90. The molecule has 2 saturated heterocycles. The van der Waals surface area contributed by atoms with Crippen LogP contribution in [0.2, 0.25) is 0 Å². The molecule has 2 aliphatic heterocycles. The molecule has 0 spiro atoms. The molecule has 1 atom stereocenters. The van der Waals surface area contributed by atoms with E-state index in [0.29, 0.717) is 6.10 Å². The Morgan fingerprint density at radius 1 is 1.43 bits per heavy atom. The van der Waals surface area contributed by atoms with Crippen LogP contribution >= 0.6 is 11.8 Å². The molecule has 0 aliphatic carbocycles. The third-order valence-corrected chi connectivity index (χ3v) is 3.92. The van der Waals surface area contributed by atoms with Crippen LogP contribution in [0.1, 0.15) is 12.8 Å². The van der Waals surface area contributed by atoms with E-state index in [2.05, 4.69) is 5.32 Å². The molecule has 0 saturated carbocycles. The van der Waals surface area contributed by atoms with Crippen LogP contribution in [0.4, 0.5) is 0 Å². The SMILES string of the molecule is C1COC(COCCNC2CSC2)C1. The number of hydrogen-bond acceptors (Lipinski definition) is 4. The molecular formula is C10H19NO2S. The summed E-state index contributed by atoms with van der Waals surface area (Å²) in [7, 11) is 0. The molecule has 2 rings (SSSR count). The quantitative estimate of drug-likeness (QED) is 0.669. The molecule has 0 aromatic heterocycles. The highest BCUT2D eigenvalue weighted by Gasteiger charge is 2.17. The number of ether oxygens (including phenoxy) is 2. The van der Waals surface area contributed by atoms with E-state index in [1.807, 2.05) is 11.8 Å². The standard InChI is InChI=1S/C10H19NO2S/c1-2-10(13-4-1)6-12-5-3-11-9-7-14-8-9/h9-11H,1-8H2. The summed E-state index contributed by atoms with van der Waals surface area (Å²) in [4.78, 5) is 0. The van der Waals surface area contributed by atoms with Gasteiger partial charge in [0.05, 0.1) is 19.3 Å². The molecule has 0 amide bonds. The number of hydrogen-bond donors (Lipinski definition) is 1. The Morgan fingerprint density at radius 2 is 2.36 bits per heavy atom. The molecule has 0 radical (unpaired) electrons. The molecule has 2 heterocycles. The molecule has 14 heavy (non-hydrogen) atoms. The summed E-state index contributed by atoms with van der Waals surface area (Å²) in [5.41, 5.74) is 0. The molecule has 82 valence electrons. The molecular weight excluding hydrogens is 198 g/mol. The second kappa shape index (κ2) is 5.95. The van der Waals surface area contributed by atoms with Gasteiger partial charge in [-0.15, -0.1) is 0 Å². The average Bonchev–Trinajstić information content (AvgIpc) is 2.60. The fraction of sp³-hybridized carbons (Fsp3) is 1.00. The first-order chi connectivity index (χ1) is 6.95. The lowest BCUT2D eigenvalue weighted by atomic mass is 10.2. The molecule has 0 aromatic rings. The predicted molar refractivity (Wildman–Crippen MR) is 58.9 cm³/mol. The summed E-state index contributed by atoms with van der Waals surface area (Å²) in [6.45, 7) is 3.51. The van der Waals surface area contributed by atoms with Crippen LogP contribution in [0.5, 0.6) is 0 Å². The Bertz CT molecular complexity index is 158. The predicted octanol–water partition coefficient (Wildman–Crippen LogP) is 0.887. The molecule has 0 bridgehead atoms. The van der Waals surface area contributed by atoms with Crippen molar-refractivity contribution in [2.24, 2.45) is 0 Å². The highest BCUT2D eigenvalue weighted by molar-refractivity contribution is 8.00. The number of thioether (sulfide) groups is 1. The van der Waals surface area contributed by atoms with Crippen molar-refractivity contribution in [3.63, 3.8) is 0 Å². The average molecular weight is 217 g/mol. The molecule has 3 nitrogen and oxygen atoms in total. The molecule has 0 aromatic carbocycles. The van der Waals surface area contributed by atoms with Crippen LogP contribution in [-0.4, -0.2) is 50.0 Å². The Balaban J connectivity index is 1.39. The first-order valence-corrected chi connectivity index (χ1v) is 6.61. The van der Waals surface area contributed by atoms with Gasteiger partial charge in [-0.25, -0.2) is 0 Å². The lowest BCUT2D eigenvalue weighted by Gasteiger charge is -2.25. The second-order valence-corrected chi connectivity index (χ2v) is 4.97. The minimum Gasteiger partial charge on any atom is -0.377 e. The zero-order chi connectivity index (χ0) is 9.64. The van der Waals surface area contributed by atoms with E-state index in [9.17, 15) is 0 Å². The van der Waals surface area contributed by atoms with Gasteiger partial charge in [0.25, 0.3) is 0 Å². The van der Waals surface area contributed by atoms with Gasteiger partial charge in [-0.05, 0) is 12.8 Å². The van der Waals surface area contributed by atoms with Gasteiger partial charge in [-0.1, -0.05) is 0 Å². The van der Waals surface area contributed by atoms with Crippen molar-refractivity contribution >= 4 is 11.8 Å². The zero-order valence-corrected chi connectivity index (χ0v) is 9.35. The van der Waals surface area contributed by atoms with Crippen LogP contribution in [0, 0.1) is 0 Å². The van der Waals surface area contributed by atoms with Crippen LogP contribution in [0.15, 0.2) is 0 Å². The summed E-state index contributed by atoms with van der Waals surface area (Å²) in [5.74, 6) is 2.54. The van der Waals surface area contributed by atoms with Crippen molar-refractivity contribution in [1.29, 1.82) is 0 Å². The third kappa shape index (κ3) is 3.42. The Kier molecular flexibility index (Phi) is 4.57. The summed E-state index contributed by atoms with van der Waals surface area (Å²) < 4.78 is 11.0. The van der Waals surface area contributed by atoms with Crippen LogP contribution in [-0.2, 0) is 9.47 Å². The minimum absolute atomic E-state index is 0.370. The smallest absolute Gasteiger partial charge is 0.0809 e. The first-order valence-electron chi connectivity index (χ1n) is 5.45. The lowest BCUT2D eigenvalue weighted by Crippen LogP contribution is -2.41. The van der Waals surface area contributed by atoms with Gasteiger partial charge in [-0.3, -0.25) is 0 Å². The summed E-state index contributed by atoms with van der Waals surface area (Å²) in [6, 6.07) is 0.742. The van der Waals surface area contributed by atoms with E-state index >= 15 is 0 Å². The van der Waals surface area contributed by atoms with Gasteiger partial charge < -0.3 is 14.8 Å². The third-order valence-electron chi connectivity index (χ3n) is 2.65. The maximum Gasteiger partial charge on any atom is 0.0809 e. The van der Waals surface area contributed by atoms with Crippen molar-refractivity contribution < 1.29 is 9.47 Å². The van der Waals surface area contributed by atoms with Crippen molar-refractivity contribution in [1.82, 2.24) is 5.32 Å². The molecule has 2 fully saturated rings. The summed E-state index contributed by atoms with van der Waals surface area (Å²) >= 11 is 2.01. The summed E-state index contributed by atoms with van der Waals surface area (Å²) in [5, 5.41) is 3.46. The Hall–Kier alpha value is 0.230. The van der Waals surface area contributed by atoms with Crippen molar-refractivity contribution in [3.8, 4) is 0 Å². The van der Waals surface area contributed by atoms with Crippen molar-refractivity contribution in [2.75, 3.05) is 37.9 Å². The molecule has 1 N–H and O–H groups in total. The Labute approximate surface area is 89.9 Å². The monoisotopic (exact) mass is 217 g/mol. The van der Waals surface area contributed by atoms with E-state index < -0.39 is 0 Å². The van der Waals surface area contributed by atoms with Gasteiger partial charge in [0.15, 0.2) is 0 Å². The van der Waals surface area contributed by atoms with Gasteiger partial charge in [-0.2, -0.15) is 11.8 Å². The highest BCUT2D eigenvalue weighted by Crippen LogP contribution is 2.16. The first kappa shape index (κ1) is 10.7. The highest BCUT2D eigenvalue weighted by atomic mass is 32.2. The molecule has 1 unspecified atom stereocenters. The normalized spacial score (nSPS) is 27.9. The number of rotatable bonds is 6. The zero-order valence-electron chi connectivity index (χ0n) is 8.54. The maximum absolute atomic E-state index is 5.54. The van der Waals surface area contributed by atoms with Crippen LogP contribution in [0.25, 0.3) is 0 Å². The van der Waals surface area contributed by atoms with E-state index in [0.717, 1.165) is 32.4 Å². The molecule has 2 aliphatic rings. The minimum atomic E-state index is 0.370. The van der Waals surface area contributed by atoms with Gasteiger partial charge in [0, 0.05) is 30.7 Å². The van der Waals surface area contributed by atoms with Gasteiger partial charge in [0.1, 0.15) is 0 Å². The topological polar surface area (TPSA) is 30.5 Å². The van der Waals surface area contributed by atoms with E-state index in [4.69, 9.17) is 9.47 Å².